The predicted molar refractivity (Wildman–Crippen MR) is 50.3 cm³/mol. The van der Waals surface area contributed by atoms with Crippen molar-refractivity contribution >= 4 is 5.91 Å². The van der Waals surface area contributed by atoms with Crippen LogP contribution in [0, 0.1) is 5.92 Å². The Bertz CT molecular complexity index is 169. The first-order chi connectivity index (χ1) is 6.24. The van der Waals surface area contributed by atoms with Crippen LogP contribution in [0.25, 0.3) is 0 Å². The van der Waals surface area contributed by atoms with Crippen LogP contribution in [0.5, 0.6) is 0 Å². The SMILES string of the molecule is CN(CCO)C(=O)CNCC1CC1. The normalized spacial score (nSPS) is 15.8. The van der Waals surface area contributed by atoms with Gasteiger partial charge in [0, 0.05) is 13.6 Å². The Morgan fingerprint density at radius 2 is 2.31 bits per heavy atom. The number of carbonyl (C=O) groups excluding carboxylic acids is 1. The van der Waals surface area contributed by atoms with Gasteiger partial charge in [0.1, 0.15) is 0 Å². The number of amides is 1. The molecular formula is C9H18N2O2. The Morgan fingerprint density at radius 1 is 1.62 bits per heavy atom. The summed E-state index contributed by atoms with van der Waals surface area (Å²) < 4.78 is 0. The highest BCUT2D eigenvalue weighted by molar-refractivity contribution is 5.77. The van der Waals surface area contributed by atoms with Crippen molar-refractivity contribution in [2.45, 2.75) is 12.8 Å². The molecule has 1 aliphatic carbocycles. The Balaban J connectivity index is 2.01. The van der Waals surface area contributed by atoms with Gasteiger partial charge in [0.05, 0.1) is 13.2 Å². The highest BCUT2D eigenvalue weighted by Crippen LogP contribution is 2.27. The molecule has 0 bridgehead atoms. The molecule has 0 spiro atoms. The lowest BCUT2D eigenvalue weighted by molar-refractivity contribution is -0.129. The molecule has 4 nitrogen and oxygen atoms in total. The van der Waals surface area contributed by atoms with Gasteiger partial charge in [0.15, 0.2) is 0 Å². The average Bonchev–Trinajstić information content (AvgIpc) is 2.88. The first-order valence-corrected chi connectivity index (χ1v) is 4.79. The van der Waals surface area contributed by atoms with E-state index in [0.717, 1.165) is 12.5 Å². The molecule has 0 aromatic heterocycles. The topological polar surface area (TPSA) is 52.6 Å². The summed E-state index contributed by atoms with van der Waals surface area (Å²) in [6, 6.07) is 0. The van der Waals surface area contributed by atoms with Gasteiger partial charge in [-0.05, 0) is 25.3 Å². The van der Waals surface area contributed by atoms with Gasteiger partial charge in [-0.15, -0.1) is 0 Å². The fourth-order valence-corrected chi connectivity index (χ4v) is 1.11. The summed E-state index contributed by atoms with van der Waals surface area (Å²) in [5, 5.41) is 11.7. The fraction of sp³-hybridized carbons (Fsp3) is 0.889. The quantitative estimate of drug-likeness (QED) is 0.584. The zero-order valence-corrected chi connectivity index (χ0v) is 8.12. The summed E-state index contributed by atoms with van der Waals surface area (Å²) in [6.07, 6.45) is 2.60. The molecule has 0 heterocycles. The van der Waals surface area contributed by atoms with Crippen molar-refractivity contribution in [3.05, 3.63) is 0 Å². The van der Waals surface area contributed by atoms with Crippen molar-refractivity contribution in [1.29, 1.82) is 0 Å². The molecule has 0 saturated heterocycles. The zero-order valence-electron chi connectivity index (χ0n) is 8.12. The number of nitrogens with one attached hydrogen (secondary N) is 1. The van der Waals surface area contributed by atoms with Gasteiger partial charge in [-0.25, -0.2) is 0 Å². The second kappa shape index (κ2) is 5.19. The van der Waals surface area contributed by atoms with Gasteiger partial charge < -0.3 is 15.3 Å². The molecule has 0 unspecified atom stereocenters. The van der Waals surface area contributed by atoms with E-state index in [0.29, 0.717) is 13.1 Å². The van der Waals surface area contributed by atoms with Gasteiger partial charge in [0.25, 0.3) is 0 Å². The van der Waals surface area contributed by atoms with Crippen LogP contribution in [0.1, 0.15) is 12.8 Å². The highest BCUT2D eigenvalue weighted by atomic mass is 16.3. The van der Waals surface area contributed by atoms with Crippen LogP contribution in [0.2, 0.25) is 0 Å². The summed E-state index contributed by atoms with van der Waals surface area (Å²) in [4.78, 5) is 12.8. The lowest BCUT2D eigenvalue weighted by atomic mass is 10.4. The summed E-state index contributed by atoms with van der Waals surface area (Å²) in [5.74, 6) is 0.852. The molecule has 0 radical (unpaired) electrons. The maximum Gasteiger partial charge on any atom is 0.236 e. The molecule has 1 fully saturated rings. The van der Waals surface area contributed by atoms with Crippen LogP contribution < -0.4 is 5.32 Å². The average molecular weight is 186 g/mol. The van der Waals surface area contributed by atoms with E-state index in [4.69, 9.17) is 5.11 Å². The van der Waals surface area contributed by atoms with Crippen molar-refractivity contribution in [2.24, 2.45) is 5.92 Å². The molecule has 0 atom stereocenters. The van der Waals surface area contributed by atoms with Crippen LogP contribution in [-0.2, 0) is 4.79 Å². The standard InChI is InChI=1S/C9H18N2O2/c1-11(4-5-12)9(13)7-10-6-8-2-3-8/h8,10,12H,2-7H2,1H3. The van der Waals surface area contributed by atoms with E-state index < -0.39 is 0 Å². The van der Waals surface area contributed by atoms with Crippen molar-refractivity contribution in [1.82, 2.24) is 10.2 Å². The molecule has 1 rings (SSSR count). The van der Waals surface area contributed by atoms with Crippen molar-refractivity contribution in [3.8, 4) is 0 Å². The minimum absolute atomic E-state index is 0.0326. The molecule has 76 valence electrons. The Morgan fingerprint density at radius 3 is 2.85 bits per heavy atom. The number of aliphatic hydroxyl groups is 1. The monoisotopic (exact) mass is 186 g/mol. The van der Waals surface area contributed by atoms with Crippen molar-refractivity contribution in [3.63, 3.8) is 0 Å². The largest absolute Gasteiger partial charge is 0.395 e. The van der Waals surface area contributed by atoms with E-state index in [2.05, 4.69) is 5.32 Å². The number of likely N-dealkylation sites (N-methyl/N-ethyl adjacent to an activating group) is 1. The van der Waals surface area contributed by atoms with Gasteiger partial charge >= 0.3 is 0 Å². The number of rotatable bonds is 6. The lowest BCUT2D eigenvalue weighted by Crippen LogP contribution is -2.37. The van der Waals surface area contributed by atoms with E-state index in [-0.39, 0.29) is 12.5 Å². The van der Waals surface area contributed by atoms with E-state index >= 15 is 0 Å². The maximum absolute atomic E-state index is 11.3. The molecule has 1 saturated carbocycles. The van der Waals surface area contributed by atoms with Gasteiger partial charge in [0.2, 0.25) is 5.91 Å². The summed E-state index contributed by atoms with van der Waals surface area (Å²) in [5.41, 5.74) is 0. The molecule has 1 aliphatic rings. The van der Waals surface area contributed by atoms with E-state index in [1.165, 1.54) is 12.8 Å². The van der Waals surface area contributed by atoms with E-state index in [9.17, 15) is 4.79 Å². The minimum atomic E-state index is 0.0326. The third-order valence-electron chi connectivity index (χ3n) is 2.27. The van der Waals surface area contributed by atoms with Crippen LogP contribution in [0.4, 0.5) is 0 Å². The minimum Gasteiger partial charge on any atom is -0.395 e. The van der Waals surface area contributed by atoms with E-state index in [1.54, 1.807) is 11.9 Å². The zero-order chi connectivity index (χ0) is 9.68. The van der Waals surface area contributed by atoms with E-state index in [1.807, 2.05) is 0 Å². The molecule has 4 heteroatoms. The van der Waals surface area contributed by atoms with Crippen LogP contribution in [-0.4, -0.2) is 49.2 Å². The Kier molecular flexibility index (Phi) is 4.18. The number of carbonyl (C=O) groups is 1. The summed E-state index contributed by atoms with van der Waals surface area (Å²) >= 11 is 0. The number of hydrogen-bond donors (Lipinski definition) is 2. The lowest BCUT2D eigenvalue weighted by Gasteiger charge is -2.15. The molecule has 0 aromatic carbocycles. The molecule has 2 N–H and O–H groups in total. The smallest absolute Gasteiger partial charge is 0.236 e. The number of aliphatic hydroxyl groups excluding tert-OH is 1. The highest BCUT2D eigenvalue weighted by Gasteiger charge is 2.20. The molecule has 13 heavy (non-hydrogen) atoms. The van der Waals surface area contributed by atoms with Crippen LogP contribution in [0.3, 0.4) is 0 Å². The molecular weight excluding hydrogens is 168 g/mol. The number of nitrogens with zero attached hydrogens (tertiary/aromatic N) is 1. The Hall–Kier alpha value is -0.610. The van der Waals surface area contributed by atoms with Crippen molar-refractivity contribution < 1.29 is 9.90 Å². The molecule has 1 amide bonds. The first kappa shape index (κ1) is 10.5. The van der Waals surface area contributed by atoms with Crippen LogP contribution >= 0.6 is 0 Å². The fourth-order valence-electron chi connectivity index (χ4n) is 1.11. The second-order valence-electron chi connectivity index (χ2n) is 3.61. The first-order valence-electron chi connectivity index (χ1n) is 4.79. The number of hydrogen-bond acceptors (Lipinski definition) is 3. The maximum atomic E-state index is 11.3. The predicted octanol–water partition coefficient (Wildman–Crippen LogP) is -0.563. The third-order valence-corrected chi connectivity index (χ3v) is 2.27. The summed E-state index contributed by atoms with van der Waals surface area (Å²) in [7, 11) is 1.71. The molecule has 0 aliphatic heterocycles. The Labute approximate surface area is 78.9 Å². The van der Waals surface area contributed by atoms with Gasteiger partial charge in [-0.2, -0.15) is 0 Å². The summed E-state index contributed by atoms with van der Waals surface area (Å²) in [6.45, 7) is 1.81. The van der Waals surface area contributed by atoms with Gasteiger partial charge in [-0.3, -0.25) is 4.79 Å². The van der Waals surface area contributed by atoms with Crippen LogP contribution in [0.15, 0.2) is 0 Å². The second-order valence-corrected chi connectivity index (χ2v) is 3.61. The third kappa shape index (κ3) is 4.24. The van der Waals surface area contributed by atoms with Gasteiger partial charge in [-0.1, -0.05) is 0 Å². The molecule has 0 aromatic rings. The van der Waals surface area contributed by atoms with Crippen molar-refractivity contribution in [2.75, 3.05) is 33.3 Å².